The standard InChI is InChI=1S/C40H25Cl2NO5/c41-28-17-13-26(14-18-28)39-31(23-7-3-1-4-8-23)32(24-9-5-2-6-10-24)40(38(39)48,27-15-19-29(42)20-16-27)34-33(39)35(44)43(36(34)45)30-21-11-25(12-22-30)37(46)47/h1-22,33-34H,(H,46,47)/t33-,34-,39-,40+/m1/s1. The summed E-state index contributed by atoms with van der Waals surface area (Å²) in [6.45, 7) is 0. The number of carbonyl (C=O) groups is 4. The smallest absolute Gasteiger partial charge is 0.335 e. The molecule has 234 valence electrons. The van der Waals surface area contributed by atoms with E-state index in [-0.39, 0.29) is 17.0 Å². The highest BCUT2D eigenvalue weighted by molar-refractivity contribution is 6.39. The average molecular weight is 671 g/mol. The van der Waals surface area contributed by atoms with Crippen molar-refractivity contribution in [3.05, 3.63) is 171 Å². The van der Waals surface area contributed by atoms with Crippen LogP contribution in [0.3, 0.4) is 0 Å². The number of fused-ring (bicyclic) bond motifs is 5. The van der Waals surface area contributed by atoms with E-state index in [1.165, 1.54) is 24.3 Å². The van der Waals surface area contributed by atoms with Gasteiger partial charge in [-0.25, -0.2) is 9.69 Å². The number of imide groups is 1. The van der Waals surface area contributed by atoms with E-state index in [0.717, 1.165) is 16.0 Å². The second kappa shape index (κ2) is 10.9. The molecule has 2 fully saturated rings. The van der Waals surface area contributed by atoms with Crippen molar-refractivity contribution in [2.75, 3.05) is 4.90 Å². The van der Waals surface area contributed by atoms with Gasteiger partial charge in [-0.15, -0.1) is 0 Å². The largest absolute Gasteiger partial charge is 0.478 e. The van der Waals surface area contributed by atoms with Crippen LogP contribution >= 0.6 is 23.2 Å². The summed E-state index contributed by atoms with van der Waals surface area (Å²) in [5.41, 5.74) is 0.974. The molecule has 2 amide bonds. The van der Waals surface area contributed by atoms with Crippen molar-refractivity contribution in [1.82, 2.24) is 0 Å². The Balaban J connectivity index is 1.52. The lowest BCUT2D eigenvalue weighted by Crippen LogP contribution is -2.45. The summed E-state index contributed by atoms with van der Waals surface area (Å²) < 4.78 is 0. The summed E-state index contributed by atoms with van der Waals surface area (Å²) in [4.78, 5) is 58.7. The molecule has 48 heavy (non-hydrogen) atoms. The molecule has 1 aliphatic heterocycles. The van der Waals surface area contributed by atoms with E-state index < -0.39 is 40.4 Å². The molecule has 1 saturated carbocycles. The van der Waals surface area contributed by atoms with Crippen molar-refractivity contribution < 1.29 is 24.3 Å². The topological polar surface area (TPSA) is 91.8 Å². The molecular weight excluding hydrogens is 645 g/mol. The normalized spacial score (nSPS) is 24.4. The van der Waals surface area contributed by atoms with Crippen molar-refractivity contribution in [3.63, 3.8) is 0 Å². The molecule has 1 saturated heterocycles. The van der Waals surface area contributed by atoms with Crippen LogP contribution in [0.15, 0.2) is 133 Å². The summed E-state index contributed by atoms with van der Waals surface area (Å²) in [5, 5.41) is 10.4. The van der Waals surface area contributed by atoms with Gasteiger partial charge in [0, 0.05) is 10.0 Å². The Kier molecular flexibility index (Phi) is 6.81. The number of carbonyl (C=O) groups excluding carboxylic acids is 3. The second-order valence-corrected chi connectivity index (χ2v) is 13.1. The molecular formula is C40H25Cl2NO5. The zero-order valence-corrected chi connectivity index (χ0v) is 26.7. The van der Waals surface area contributed by atoms with E-state index in [1.54, 1.807) is 48.5 Å². The quantitative estimate of drug-likeness (QED) is 0.186. The number of anilines is 1. The lowest BCUT2D eigenvalue weighted by molar-refractivity contribution is -0.130. The van der Waals surface area contributed by atoms with E-state index in [1.807, 2.05) is 60.7 Å². The number of benzene rings is 5. The predicted octanol–water partition coefficient (Wildman–Crippen LogP) is 7.88. The van der Waals surface area contributed by atoms with Crippen LogP contribution in [0.5, 0.6) is 0 Å². The molecule has 5 aromatic carbocycles. The molecule has 4 atom stereocenters. The second-order valence-electron chi connectivity index (χ2n) is 12.3. The number of carboxylic acids is 1. The molecule has 1 N–H and O–H groups in total. The number of nitrogens with zero attached hydrogens (tertiary/aromatic N) is 1. The van der Waals surface area contributed by atoms with Gasteiger partial charge in [0.1, 0.15) is 0 Å². The van der Waals surface area contributed by atoms with Crippen LogP contribution in [0.1, 0.15) is 32.6 Å². The number of rotatable bonds is 6. The van der Waals surface area contributed by atoms with Crippen LogP contribution in [-0.2, 0) is 25.2 Å². The van der Waals surface area contributed by atoms with Crippen molar-refractivity contribution in [1.29, 1.82) is 0 Å². The maximum atomic E-state index is 15.9. The Hall–Kier alpha value is -5.30. The summed E-state index contributed by atoms with van der Waals surface area (Å²) in [6.07, 6.45) is 0. The monoisotopic (exact) mass is 669 g/mol. The molecule has 0 unspecified atom stereocenters. The fourth-order valence-corrected chi connectivity index (χ4v) is 8.62. The van der Waals surface area contributed by atoms with Crippen LogP contribution in [0.2, 0.25) is 10.0 Å². The van der Waals surface area contributed by atoms with Gasteiger partial charge in [-0.05, 0) is 81.9 Å². The number of carboxylic acid groups (broad SMARTS) is 1. The Morgan fingerprint density at radius 3 is 1.33 bits per heavy atom. The molecule has 0 aromatic heterocycles. The van der Waals surface area contributed by atoms with E-state index in [4.69, 9.17) is 23.2 Å². The summed E-state index contributed by atoms with van der Waals surface area (Å²) in [6, 6.07) is 38.6. The third-order valence-corrected chi connectivity index (χ3v) is 10.6. The predicted molar refractivity (Wildman–Crippen MR) is 184 cm³/mol. The molecule has 0 spiro atoms. The van der Waals surface area contributed by atoms with Gasteiger partial charge < -0.3 is 5.11 Å². The number of halogens is 2. The third-order valence-electron chi connectivity index (χ3n) is 10.1. The lowest BCUT2D eigenvalue weighted by atomic mass is 9.59. The lowest BCUT2D eigenvalue weighted by Gasteiger charge is -2.39. The first-order valence-corrected chi connectivity index (χ1v) is 16.1. The molecule has 2 aliphatic carbocycles. The Morgan fingerprint density at radius 1 is 0.562 bits per heavy atom. The third kappa shape index (κ3) is 3.87. The van der Waals surface area contributed by atoms with E-state index in [2.05, 4.69) is 0 Å². The van der Waals surface area contributed by atoms with Gasteiger partial charge in [0.25, 0.3) is 0 Å². The van der Waals surface area contributed by atoms with Gasteiger partial charge in [-0.2, -0.15) is 0 Å². The van der Waals surface area contributed by atoms with Crippen molar-refractivity contribution in [2.45, 2.75) is 10.8 Å². The van der Waals surface area contributed by atoms with Crippen LogP contribution in [-0.4, -0.2) is 28.7 Å². The van der Waals surface area contributed by atoms with Gasteiger partial charge in [0.2, 0.25) is 11.8 Å². The van der Waals surface area contributed by atoms with E-state index >= 15 is 14.4 Å². The fourth-order valence-electron chi connectivity index (χ4n) is 8.36. The highest BCUT2D eigenvalue weighted by Gasteiger charge is 2.82. The first-order valence-electron chi connectivity index (χ1n) is 15.4. The van der Waals surface area contributed by atoms with Crippen molar-refractivity contribution in [3.8, 4) is 0 Å². The molecule has 1 heterocycles. The number of aromatic carboxylic acids is 1. The molecule has 8 heteroatoms. The number of hydrogen-bond donors (Lipinski definition) is 1. The number of amides is 2. The van der Waals surface area contributed by atoms with Gasteiger partial charge >= 0.3 is 5.97 Å². The summed E-state index contributed by atoms with van der Waals surface area (Å²) in [5.74, 6) is -4.73. The maximum Gasteiger partial charge on any atom is 0.335 e. The molecule has 5 aromatic rings. The van der Waals surface area contributed by atoms with Crippen molar-refractivity contribution >= 4 is 63.6 Å². The van der Waals surface area contributed by atoms with E-state index in [0.29, 0.717) is 32.3 Å². The number of ketones is 1. The van der Waals surface area contributed by atoms with Crippen molar-refractivity contribution in [2.24, 2.45) is 11.8 Å². The zero-order chi connectivity index (χ0) is 33.4. The highest BCUT2D eigenvalue weighted by Crippen LogP contribution is 2.74. The van der Waals surface area contributed by atoms with Gasteiger partial charge in [-0.3, -0.25) is 14.4 Å². The molecule has 2 bridgehead atoms. The number of allylic oxidation sites excluding steroid dienone is 2. The number of Topliss-reactive ketones (excluding diaryl/α,β-unsaturated/α-hetero) is 1. The fraction of sp³-hybridized carbons (Fsp3) is 0.100. The van der Waals surface area contributed by atoms with Crippen LogP contribution in [0.4, 0.5) is 5.69 Å². The molecule has 8 rings (SSSR count). The first-order chi connectivity index (χ1) is 23.2. The first kappa shape index (κ1) is 30.1. The minimum Gasteiger partial charge on any atom is -0.478 e. The zero-order valence-electron chi connectivity index (χ0n) is 25.1. The minimum atomic E-state index is -1.59. The Bertz CT molecular complexity index is 2050. The summed E-state index contributed by atoms with van der Waals surface area (Å²) in [7, 11) is 0. The Morgan fingerprint density at radius 2 is 0.958 bits per heavy atom. The molecule has 0 radical (unpaired) electrons. The van der Waals surface area contributed by atoms with Gasteiger partial charge in [0.05, 0.1) is 33.9 Å². The van der Waals surface area contributed by atoms with Gasteiger partial charge in [-0.1, -0.05) is 108 Å². The van der Waals surface area contributed by atoms with Crippen LogP contribution in [0, 0.1) is 11.8 Å². The molecule has 3 aliphatic rings. The van der Waals surface area contributed by atoms with Crippen LogP contribution < -0.4 is 4.90 Å². The SMILES string of the molecule is O=C(O)c1ccc(N2C(=O)[C@H]3[C@H](C2=O)[C@]2(c4ccc(Cl)cc4)C(=O)[C@@]3(c3ccc(Cl)cc3)C(c3ccccc3)=C2c2ccccc2)cc1. The van der Waals surface area contributed by atoms with E-state index in [9.17, 15) is 9.90 Å². The summed E-state index contributed by atoms with van der Waals surface area (Å²) >= 11 is 12.8. The number of hydrogen-bond acceptors (Lipinski definition) is 4. The van der Waals surface area contributed by atoms with Crippen LogP contribution in [0.25, 0.3) is 11.1 Å². The maximum absolute atomic E-state index is 15.9. The van der Waals surface area contributed by atoms with Gasteiger partial charge in [0.15, 0.2) is 5.78 Å². The minimum absolute atomic E-state index is 0.0166. The molecule has 6 nitrogen and oxygen atoms in total. The average Bonchev–Trinajstić information content (AvgIpc) is 3.61. The Labute approximate surface area is 285 Å². The highest BCUT2D eigenvalue weighted by atomic mass is 35.5.